The number of phenols is 1. The van der Waals surface area contributed by atoms with E-state index < -0.39 is 12.0 Å². The zero-order valence-corrected chi connectivity index (χ0v) is 26.2. The minimum atomic E-state index is -0.886. The van der Waals surface area contributed by atoms with Crippen molar-refractivity contribution >= 4 is 72.8 Å². The van der Waals surface area contributed by atoms with Crippen LogP contribution >= 0.6 is 0 Å². The number of nitrogens with zero attached hydrogens (tertiary/aromatic N) is 1. The Labute approximate surface area is 275 Å². The zero-order chi connectivity index (χ0) is 33.8. The summed E-state index contributed by atoms with van der Waals surface area (Å²) < 4.78 is 1.94. The lowest BCUT2D eigenvalue weighted by Crippen LogP contribution is -2.44. The zero-order valence-electron chi connectivity index (χ0n) is 26.2. The standard InChI is InChI=1S/C26H25N3O5.C12H10N2/c1-16(30)27-22(14-17-6-9-19(31)10-7-17)26(34)28-18-8-11-21-20-4-2-3-5-23(20)29(24(21)15-18)13-12-25(32)33;13-8-5-6-10-9-3-1-2-4-11(9)14-12(10)7-8/h2-11,15,22,31H,12-14H2,1H3,(H,27,30)(H,28,34)(H,32,33);1-7,14H,13H2/t22-;/m0./s1. The van der Waals surface area contributed by atoms with Gasteiger partial charge >= 0.3 is 5.97 Å². The number of carboxylic acid groups (broad SMARTS) is 1. The number of aryl methyl sites for hydroxylation is 1. The molecule has 7 N–H and O–H groups in total. The van der Waals surface area contributed by atoms with E-state index in [2.05, 4.69) is 33.8 Å². The number of H-pyrrole nitrogens is 1. The van der Waals surface area contributed by atoms with Crippen molar-refractivity contribution in [3.8, 4) is 5.75 Å². The van der Waals surface area contributed by atoms with Crippen LogP contribution in [0.5, 0.6) is 5.75 Å². The van der Waals surface area contributed by atoms with Gasteiger partial charge in [-0.2, -0.15) is 0 Å². The van der Waals surface area contributed by atoms with Crippen LogP contribution in [0.4, 0.5) is 11.4 Å². The minimum absolute atomic E-state index is 0.0262. The third-order valence-corrected chi connectivity index (χ3v) is 8.19. The van der Waals surface area contributed by atoms with E-state index in [4.69, 9.17) is 5.73 Å². The number of nitrogens with two attached hydrogens (primary N) is 1. The number of fused-ring (bicyclic) bond motifs is 6. The number of benzene rings is 5. The molecule has 0 bridgehead atoms. The minimum Gasteiger partial charge on any atom is -0.508 e. The van der Waals surface area contributed by atoms with Crippen molar-refractivity contribution in [3.63, 3.8) is 0 Å². The molecule has 0 fully saturated rings. The largest absolute Gasteiger partial charge is 0.508 e. The number of carbonyl (C=O) groups is 3. The molecule has 5 aromatic carbocycles. The summed E-state index contributed by atoms with van der Waals surface area (Å²) in [6.07, 6.45) is 0.231. The molecule has 0 aliphatic rings. The van der Waals surface area contributed by atoms with Gasteiger partial charge in [0.2, 0.25) is 11.8 Å². The van der Waals surface area contributed by atoms with Gasteiger partial charge in [0, 0.05) is 69.4 Å². The first-order valence-corrected chi connectivity index (χ1v) is 15.5. The number of hydrogen-bond donors (Lipinski definition) is 6. The molecule has 242 valence electrons. The van der Waals surface area contributed by atoms with Crippen molar-refractivity contribution in [2.24, 2.45) is 0 Å². The van der Waals surface area contributed by atoms with Gasteiger partial charge in [0.1, 0.15) is 11.8 Å². The van der Waals surface area contributed by atoms with E-state index in [1.54, 1.807) is 18.2 Å². The van der Waals surface area contributed by atoms with Gasteiger partial charge in [-0.3, -0.25) is 14.4 Å². The molecule has 0 aliphatic heterocycles. The highest BCUT2D eigenvalue weighted by Gasteiger charge is 2.21. The van der Waals surface area contributed by atoms with Gasteiger partial charge in [-0.1, -0.05) is 60.7 Å². The van der Waals surface area contributed by atoms with Crippen LogP contribution in [-0.4, -0.2) is 43.6 Å². The van der Waals surface area contributed by atoms with Gasteiger partial charge < -0.3 is 36.1 Å². The van der Waals surface area contributed by atoms with E-state index in [9.17, 15) is 24.6 Å². The summed E-state index contributed by atoms with van der Waals surface area (Å²) in [6, 6.07) is 33.2. The Balaban J connectivity index is 0.000000236. The Bertz CT molecular complexity index is 2290. The van der Waals surface area contributed by atoms with E-state index in [1.165, 1.54) is 29.8 Å². The molecule has 0 unspecified atom stereocenters. The first kappa shape index (κ1) is 31.7. The predicted octanol–water partition coefficient (Wildman–Crippen LogP) is 6.56. The average molecular weight is 642 g/mol. The third kappa shape index (κ3) is 6.92. The highest BCUT2D eigenvalue weighted by atomic mass is 16.4. The molecule has 0 saturated carbocycles. The summed E-state index contributed by atoms with van der Waals surface area (Å²) in [7, 11) is 0. The van der Waals surface area contributed by atoms with Crippen LogP contribution in [0, 0.1) is 0 Å². The fraction of sp³-hybridized carbons (Fsp3) is 0.132. The average Bonchev–Trinajstić information content (AvgIpc) is 3.59. The van der Waals surface area contributed by atoms with E-state index in [0.717, 1.165) is 44.1 Å². The van der Waals surface area contributed by atoms with Crippen molar-refractivity contribution < 1.29 is 24.6 Å². The van der Waals surface area contributed by atoms with Crippen molar-refractivity contribution in [3.05, 3.63) is 115 Å². The van der Waals surface area contributed by atoms with E-state index in [0.29, 0.717) is 12.2 Å². The maximum Gasteiger partial charge on any atom is 0.305 e. The predicted molar refractivity (Wildman–Crippen MR) is 190 cm³/mol. The summed E-state index contributed by atoms with van der Waals surface area (Å²) >= 11 is 0. The van der Waals surface area contributed by atoms with Gasteiger partial charge in [-0.15, -0.1) is 0 Å². The molecule has 0 saturated heterocycles. The number of phenolic OH excluding ortho intramolecular Hbond substituents is 1. The van der Waals surface area contributed by atoms with Gasteiger partial charge in [0.25, 0.3) is 0 Å². The lowest BCUT2D eigenvalue weighted by atomic mass is 10.0. The van der Waals surface area contributed by atoms with Crippen LogP contribution in [0.15, 0.2) is 109 Å². The Hall–Kier alpha value is -6.29. The maximum atomic E-state index is 13.1. The highest BCUT2D eigenvalue weighted by Crippen LogP contribution is 2.31. The van der Waals surface area contributed by atoms with Crippen molar-refractivity contribution in [1.82, 2.24) is 14.9 Å². The number of nitrogen functional groups attached to an aromatic ring is 1. The molecule has 7 rings (SSSR count). The molecule has 1 atom stereocenters. The van der Waals surface area contributed by atoms with Gasteiger partial charge in [-0.25, -0.2) is 0 Å². The fourth-order valence-corrected chi connectivity index (χ4v) is 6.00. The van der Waals surface area contributed by atoms with Gasteiger partial charge in [0.05, 0.1) is 11.9 Å². The molecule has 0 aliphatic carbocycles. The number of para-hydroxylation sites is 2. The number of aromatic nitrogens is 2. The number of aliphatic carboxylic acids is 1. The number of anilines is 2. The molecule has 2 amide bonds. The number of carbonyl (C=O) groups excluding carboxylic acids is 2. The first-order chi connectivity index (χ1) is 23.2. The molecular formula is C38H35N5O5. The SMILES string of the molecule is CC(=O)N[C@@H](Cc1ccc(O)cc1)C(=O)Nc1ccc2c3ccccc3n(CCC(=O)O)c2c1.Nc1ccc2c(c1)[nH]c1ccccc12. The Kier molecular flexibility index (Phi) is 8.98. The van der Waals surface area contributed by atoms with Crippen LogP contribution in [-0.2, 0) is 27.3 Å². The van der Waals surface area contributed by atoms with Crippen LogP contribution in [0.1, 0.15) is 18.9 Å². The van der Waals surface area contributed by atoms with Crippen molar-refractivity contribution in [2.45, 2.75) is 32.4 Å². The highest BCUT2D eigenvalue weighted by molar-refractivity contribution is 6.10. The summed E-state index contributed by atoms with van der Waals surface area (Å²) in [4.78, 5) is 39.3. The number of amides is 2. The van der Waals surface area contributed by atoms with Gasteiger partial charge in [-0.05, 0) is 54.1 Å². The smallest absolute Gasteiger partial charge is 0.305 e. The summed E-state index contributed by atoms with van der Waals surface area (Å²) in [5.41, 5.74) is 11.8. The monoisotopic (exact) mass is 641 g/mol. The molecule has 0 spiro atoms. The van der Waals surface area contributed by atoms with Crippen LogP contribution < -0.4 is 16.4 Å². The van der Waals surface area contributed by atoms with E-state index >= 15 is 0 Å². The Morgan fingerprint density at radius 3 is 2.21 bits per heavy atom. The van der Waals surface area contributed by atoms with Crippen LogP contribution in [0.2, 0.25) is 0 Å². The lowest BCUT2D eigenvalue weighted by Gasteiger charge is -2.18. The number of nitrogens with one attached hydrogen (secondary N) is 3. The number of aromatic hydroxyl groups is 1. The number of carboxylic acids is 1. The summed E-state index contributed by atoms with van der Waals surface area (Å²) in [6.45, 7) is 1.65. The number of hydrogen-bond acceptors (Lipinski definition) is 5. The second-order valence-electron chi connectivity index (χ2n) is 11.6. The van der Waals surface area contributed by atoms with Crippen LogP contribution in [0.25, 0.3) is 43.6 Å². The fourth-order valence-electron chi connectivity index (χ4n) is 6.00. The van der Waals surface area contributed by atoms with E-state index in [-0.39, 0.29) is 30.4 Å². The maximum absolute atomic E-state index is 13.1. The second-order valence-corrected chi connectivity index (χ2v) is 11.6. The van der Waals surface area contributed by atoms with Gasteiger partial charge in [0.15, 0.2) is 0 Å². The quantitative estimate of drug-likeness (QED) is 0.103. The van der Waals surface area contributed by atoms with Crippen LogP contribution in [0.3, 0.4) is 0 Å². The van der Waals surface area contributed by atoms with Crippen molar-refractivity contribution in [1.29, 1.82) is 0 Å². The summed E-state index contributed by atoms with van der Waals surface area (Å²) in [5.74, 6) is -1.47. The second kappa shape index (κ2) is 13.6. The molecule has 2 aromatic heterocycles. The van der Waals surface area contributed by atoms with Crippen molar-refractivity contribution in [2.75, 3.05) is 11.1 Å². The number of rotatable bonds is 8. The number of aromatic amines is 1. The lowest BCUT2D eigenvalue weighted by molar-refractivity contribution is -0.137. The van der Waals surface area contributed by atoms with E-state index in [1.807, 2.05) is 65.2 Å². The topological polar surface area (TPSA) is 162 Å². The molecule has 10 nitrogen and oxygen atoms in total. The molecule has 0 radical (unpaired) electrons. The molecule has 7 aromatic rings. The molecule has 10 heteroatoms. The molecule has 2 heterocycles. The Morgan fingerprint density at radius 2 is 1.46 bits per heavy atom. The molecular weight excluding hydrogens is 606 g/mol. The molecule has 48 heavy (non-hydrogen) atoms. The Morgan fingerprint density at radius 1 is 0.792 bits per heavy atom. The summed E-state index contributed by atoms with van der Waals surface area (Å²) in [5, 5.41) is 28.7. The normalized spacial score (nSPS) is 11.7. The first-order valence-electron chi connectivity index (χ1n) is 15.5. The third-order valence-electron chi connectivity index (χ3n) is 8.19.